The molecule has 2 aromatic rings. The van der Waals surface area contributed by atoms with Gasteiger partial charge in [-0.3, -0.25) is 0 Å². The molecule has 0 spiro atoms. The van der Waals surface area contributed by atoms with E-state index in [-0.39, 0.29) is 0 Å². The van der Waals surface area contributed by atoms with Crippen molar-refractivity contribution in [3.05, 3.63) is 47.4 Å². The largest absolute Gasteiger partial charge is 0.219 e. The number of hydrogen-bond donors (Lipinski definition) is 0. The van der Waals surface area contributed by atoms with Crippen LogP contribution in [0.25, 0.3) is 16.8 Å². The maximum Gasteiger partial charge on any atom is 0.200 e. The van der Waals surface area contributed by atoms with Gasteiger partial charge in [-0.2, -0.15) is 0 Å². The number of hydrogen-bond acceptors (Lipinski definition) is 2. The topological polar surface area (TPSA) is 34.1 Å². The van der Waals surface area contributed by atoms with Crippen molar-refractivity contribution in [3.63, 3.8) is 0 Å². The van der Waals surface area contributed by atoms with Gasteiger partial charge in [-0.25, -0.2) is 8.42 Å². The first-order chi connectivity index (χ1) is 7.18. The van der Waals surface area contributed by atoms with Crippen LogP contribution in [0.15, 0.2) is 46.7 Å². The highest BCUT2D eigenvalue weighted by Crippen LogP contribution is 2.32. The molecule has 0 N–H and O–H groups in total. The van der Waals surface area contributed by atoms with Crippen LogP contribution in [0.5, 0.6) is 0 Å². The third kappa shape index (κ3) is 1.13. The van der Waals surface area contributed by atoms with Crippen LogP contribution in [0.2, 0.25) is 0 Å². The van der Waals surface area contributed by atoms with Crippen molar-refractivity contribution in [1.82, 2.24) is 0 Å². The molecule has 74 valence electrons. The molecule has 0 unspecified atom stereocenters. The molecule has 0 bridgehead atoms. The number of rotatable bonds is 0. The Hall–Kier alpha value is -1.61. The number of benzene rings is 2. The molecule has 0 aliphatic carbocycles. The summed E-state index contributed by atoms with van der Waals surface area (Å²) in [4.78, 5) is 0.418. The van der Waals surface area contributed by atoms with Gasteiger partial charge in [-0.15, -0.1) is 0 Å². The normalized spacial score (nSPS) is 16.8. The van der Waals surface area contributed by atoms with Gasteiger partial charge in [0, 0.05) is 11.0 Å². The minimum absolute atomic E-state index is 0.418. The first-order valence-corrected chi connectivity index (χ1v) is 6.18. The maximum absolute atomic E-state index is 11.6. The monoisotopic (exact) mass is 216 g/mol. The summed E-state index contributed by atoms with van der Waals surface area (Å²) in [5.41, 5.74) is 0.813. The van der Waals surface area contributed by atoms with Crippen molar-refractivity contribution in [1.29, 1.82) is 0 Å². The van der Waals surface area contributed by atoms with Gasteiger partial charge in [0.2, 0.25) is 0 Å². The van der Waals surface area contributed by atoms with Crippen molar-refractivity contribution < 1.29 is 8.42 Å². The molecule has 2 aromatic carbocycles. The van der Waals surface area contributed by atoms with Crippen LogP contribution in [0.4, 0.5) is 0 Å². The van der Waals surface area contributed by atoms with E-state index in [9.17, 15) is 8.42 Å². The first-order valence-electron chi connectivity index (χ1n) is 4.63. The van der Waals surface area contributed by atoms with Gasteiger partial charge in [-0.05, 0) is 22.9 Å². The van der Waals surface area contributed by atoms with E-state index >= 15 is 0 Å². The third-order valence-corrected chi connectivity index (χ3v) is 4.11. The minimum Gasteiger partial charge on any atom is -0.219 e. The summed E-state index contributed by atoms with van der Waals surface area (Å²) in [7, 11) is -3.18. The zero-order valence-corrected chi connectivity index (χ0v) is 8.66. The van der Waals surface area contributed by atoms with Gasteiger partial charge in [0.05, 0.1) is 4.90 Å². The summed E-state index contributed by atoms with van der Waals surface area (Å²) in [5.74, 6) is 0. The van der Waals surface area contributed by atoms with Crippen LogP contribution in [0.3, 0.4) is 0 Å². The Balaban J connectivity index is 2.53. The standard InChI is InChI=1S/C12H8O2S/c13-15(14)8-7-11-10-4-2-1-3-9(10)5-6-12(11)15/h1-8H. The highest BCUT2D eigenvalue weighted by molar-refractivity contribution is 7.94. The lowest BCUT2D eigenvalue weighted by molar-refractivity contribution is 0.605. The smallest absolute Gasteiger partial charge is 0.200 e. The Morgan fingerprint density at radius 2 is 1.73 bits per heavy atom. The van der Waals surface area contributed by atoms with Crippen LogP contribution >= 0.6 is 0 Å². The minimum atomic E-state index is -3.18. The fraction of sp³-hybridized carbons (Fsp3) is 0. The van der Waals surface area contributed by atoms with Gasteiger partial charge < -0.3 is 0 Å². The Bertz CT molecular complexity index is 682. The van der Waals surface area contributed by atoms with Crippen molar-refractivity contribution in [2.24, 2.45) is 0 Å². The fourth-order valence-corrected chi connectivity index (χ4v) is 3.13. The second-order valence-corrected chi connectivity index (χ2v) is 5.35. The van der Waals surface area contributed by atoms with Crippen LogP contribution in [-0.4, -0.2) is 8.42 Å². The zero-order chi connectivity index (χ0) is 10.5. The lowest BCUT2D eigenvalue weighted by Gasteiger charge is -2.03. The summed E-state index contributed by atoms with van der Waals surface area (Å²) in [6, 6.07) is 11.3. The van der Waals surface area contributed by atoms with E-state index < -0.39 is 9.84 Å². The average Bonchev–Trinajstić information content (AvgIpc) is 2.55. The molecule has 3 rings (SSSR count). The first kappa shape index (κ1) is 8.68. The van der Waals surface area contributed by atoms with Crippen molar-refractivity contribution in [2.75, 3.05) is 0 Å². The molecule has 15 heavy (non-hydrogen) atoms. The van der Waals surface area contributed by atoms with E-state index in [2.05, 4.69) is 0 Å². The summed E-state index contributed by atoms with van der Waals surface area (Å²) < 4.78 is 23.2. The molecule has 0 atom stereocenters. The van der Waals surface area contributed by atoms with Crippen LogP contribution in [0, 0.1) is 0 Å². The Labute approximate surface area is 87.8 Å². The Morgan fingerprint density at radius 1 is 0.933 bits per heavy atom. The Kier molecular flexibility index (Phi) is 1.56. The molecule has 2 nitrogen and oxygen atoms in total. The molecular formula is C12H8O2S. The molecule has 0 fully saturated rings. The lowest BCUT2D eigenvalue weighted by atomic mass is 10.1. The third-order valence-electron chi connectivity index (χ3n) is 2.65. The molecule has 0 radical (unpaired) electrons. The van der Waals surface area contributed by atoms with Crippen LogP contribution < -0.4 is 0 Å². The van der Waals surface area contributed by atoms with Gasteiger partial charge in [-0.1, -0.05) is 30.3 Å². The van der Waals surface area contributed by atoms with E-state index in [0.29, 0.717) is 4.90 Å². The van der Waals surface area contributed by atoms with E-state index in [4.69, 9.17) is 0 Å². The quantitative estimate of drug-likeness (QED) is 0.678. The molecular weight excluding hydrogens is 208 g/mol. The van der Waals surface area contributed by atoms with E-state index in [1.54, 1.807) is 12.1 Å². The molecule has 0 amide bonds. The van der Waals surface area contributed by atoms with Gasteiger partial charge in [0.15, 0.2) is 9.84 Å². The predicted molar refractivity (Wildman–Crippen MR) is 60.2 cm³/mol. The predicted octanol–water partition coefficient (Wildman–Crippen LogP) is 2.60. The molecule has 0 saturated carbocycles. The second kappa shape index (κ2) is 2.70. The van der Waals surface area contributed by atoms with Crippen molar-refractivity contribution >= 4 is 26.7 Å². The van der Waals surface area contributed by atoms with Crippen LogP contribution in [-0.2, 0) is 9.84 Å². The van der Waals surface area contributed by atoms with Gasteiger partial charge >= 0.3 is 0 Å². The molecule has 0 aromatic heterocycles. The highest BCUT2D eigenvalue weighted by Gasteiger charge is 2.21. The fourth-order valence-electron chi connectivity index (χ4n) is 1.93. The summed E-state index contributed by atoms with van der Waals surface area (Å²) in [6.45, 7) is 0. The van der Waals surface area contributed by atoms with E-state index in [1.165, 1.54) is 5.41 Å². The molecule has 3 heteroatoms. The number of sulfone groups is 1. The number of fused-ring (bicyclic) bond motifs is 3. The lowest BCUT2D eigenvalue weighted by Crippen LogP contribution is -1.93. The molecule has 0 saturated heterocycles. The summed E-state index contributed by atoms with van der Waals surface area (Å²) in [6.07, 6.45) is 1.67. The average molecular weight is 216 g/mol. The van der Waals surface area contributed by atoms with Gasteiger partial charge in [0.25, 0.3) is 0 Å². The highest BCUT2D eigenvalue weighted by atomic mass is 32.2. The van der Waals surface area contributed by atoms with Crippen molar-refractivity contribution in [3.8, 4) is 0 Å². The van der Waals surface area contributed by atoms with E-state index in [1.807, 2.05) is 30.3 Å². The van der Waals surface area contributed by atoms with Crippen molar-refractivity contribution in [2.45, 2.75) is 4.90 Å². The Morgan fingerprint density at radius 3 is 2.60 bits per heavy atom. The van der Waals surface area contributed by atoms with Gasteiger partial charge in [0.1, 0.15) is 0 Å². The summed E-state index contributed by atoms with van der Waals surface area (Å²) >= 11 is 0. The second-order valence-electron chi connectivity index (χ2n) is 3.55. The SMILES string of the molecule is O=S1(=O)C=Cc2c1ccc1ccccc21. The molecule has 1 aliphatic rings. The molecule has 1 heterocycles. The summed E-state index contributed by atoms with van der Waals surface area (Å²) in [5, 5.41) is 3.33. The van der Waals surface area contributed by atoms with E-state index in [0.717, 1.165) is 16.3 Å². The maximum atomic E-state index is 11.6. The molecule has 1 aliphatic heterocycles. The zero-order valence-electron chi connectivity index (χ0n) is 7.84. The van der Waals surface area contributed by atoms with Crippen LogP contribution in [0.1, 0.15) is 5.56 Å².